The standard InChI is InChI=1S/C15H11Cl3O2/c1-2-20-13-6-4-3-5-10(13)15(19)14-11(17)7-9(16)8-12(14)18/h3-8H,2H2,1H3. The summed E-state index contributed by atoms with van der Waals surface area (Å²) in [6.45, 7) is 2.32. The molecule has 0 spiro atoms. The van der Waals surface area contributed by atoms with Crippen LogP contribution < -0.4 is 4.74 Å². The molecule has 20 heavy (non-hydrogen) atoms. The Hall–Kier alpha value is -1.22. The van der Waals surface area contributed by atoms with Gasteiger partial charge in [-0.15, -0.1) is 0 Å². The summed E-state index contributed by atoms with van der Waals surface area (Å²) in [5.41, 5.74) is 0.644. The highest BCUT2D eigenvalue weighted by atomic mass is 35.5. The molecule has 0 saturated heterocycles. The zero-order valence-corrected chi connectivity index (χ0v) is 12.9. The quantitative estimate of drug-likeness (QED) is 0.714. The Morgan fingerprint density at radius 2 is 1.70 bits per heavy atom. The summed E-state index contributed by atoms with van der Waals surface area (Å²) < 4.78 is 5.45. The van der Waals surface area contributed by atoms with E-state index in [4.69, 9.17) is 39.5 Å². The van der Waals surface area contributed by atoms with Crippen molar-refractivity contribution in [2.75, 3.05) is 6.61 Å². The summed E-state index contributed by atoms with van der Waals surface area (Å²) in [5, 5.41) is 0.826. The summed E-state index contributed by atoms with van der Waals surface area (Å²) in [5.74, 6) is 0.211. The third-order valence-electron chi connectivity index (χ3n) is 2.67. The fraction of sp³-hybridized carbons (Fsp3) is 0.133. The average Bonchev–Trinajstić information content (AvgIpc) is 2.38. The van der Waals surface area contributed by atoms with Gasteiger partial charge in [0.15, 0.2) is 5.78 Å². The van der Waals surface area contributed by atoms with Crippen molar-refractivity contribution in [1.29, 1.82) is 0 Å². The first kappa shape index (κ1) is 15.2. The second-order valence-corrected chi connectivity index (χ2v) is 5.25. The summed E-state index contributed by atoms with van der Waals surface area (Å²) in [6, 6.07) is 9.94. The predicted octanol–water partition coefficient (Wildman–Crippen LogP) is 5.28. The molecule has 0 unspecified atom stereocenters. The van der Waals surface area contributed by atoms with Crippen LogP contribution in [-0.2, 0) is 0 Å². The number of ether oxygens (including phenoxy) is 1. The van der Waals surface area contributed by atoms with Gasteiger partial charge >= 0.3 is 0 Å². The van der Waals surface area contributed by atoms with Crippen molar-refractivity contribution in [3.05, 3.63) is 62.6 Å². The van der Waals surface area contributed by atoms with E-state index < -0.39 is 0 Å². The molecule has 0 N–H and O–H groups in total. The van der Waals surface area contributed by atoms with Crippen LogP contribution in [0, 0.1) is 0 Å². The van der Waals surface area contributed by atoms with E-state index >= 15 is 0 Å². The van der Waals surface area contributed by atoms with Crippen LogP contribution in [0.25, 0.3) is 0 Å². The van der Waals surface area contributed by atoms with E-state index in [1.54, 1.807) is 24.3 Å². The van der Waals surface area contributed by atoms with E-state index in [1.165, 1.54) is 12.1 Å². The van der Waals surface area contributed by atoms with Gasteiger partial charge in [0.2, 0.25) is 0 Å². The van der Waals surface area contributed by atoms with Crippen LogP contribution >= 0.6 is 34.8 Å². The smallest absolute Gasteiger partial charge is 0.199 e. The maximum atomic E-state index is 12.6. The van der Waals surface area contributed by atoms with Crippen LogP contribution in [-0.4, -0.2) is 12.4 Å². The molecule has 5 heteroatoms. The number of rotatable bonds is 4. The first-order valence-electron chi connectivity index (χ1n) is 5.95. The van der Waals surface area contributed by atoms with Gasteiger partial charge in [0.1, 0.15) is 5.75 Å². The molecule has 0 bridgehead atoms. The van der Waals surface area contributed by atoms with Gasteiger partial charge in [-0.05, 0) is 31.2 Å². The van der Waals surface area contributed by atoms with Crippen LogP contribution in [0.4, 0.5) is 0 Å². The lowest BCUT2D eigenvalue weighted by Crippen LogP contribution is -2.06. The molecule has 104 valence electrons. The third kappa shape index (κ3) is 3.09. The van der Waals surface area contributed by atoms with E-state index in [9.17, 15) is 4.79 Å². The molecule has 0 aliphatic heterocycles. The van der Waals surface area contributed by atoms with Gasteiger partial charge in [0.25, 0.3) is 0 Å². The van der Waals surface area contributed by atoms with Gasteiger partial charge in [-0.25, -0.2) is 0 Å². The van der Waals surface area contributed by atoms with Crippen LogP contribution in [0.3, 0.4) is 0 Å². The van der Waals surface area contributed by atoms with E-state index in [0.29, 0.717) is 22.9 Å². The van der Waals surface area contributed by atoms with Crippen molar-refractivity contribution in [2.24, 2.45) is 0 Å². The molecular weight excluding hydrogens is 319 g/mol. The zero-order valence-electron chi connectivity index (χ0n) is 10.6. The molecule has 2 aromatic rings. The van der Waals surface area contributed by atoms with E-state index in [1.807, 2.05) is 6.92 Å². The summed E-state index contributed by atoms with van der Waals surface area (Å²) in [4.78, 5) is 12.6. The van der Waals surface area contributed by atoms with Gasteiger partial charge in [0, 0.05) is 5.02 Å². The highest BCUT2D eigenvalue weighted by Crippen LogP contribution is 2.32. The van der Waals surface area contributed by atoms with Gasteiger partial charge < -0.3 is 4.74 Å². The maximum absolute atomic E-state index is 12.6. The van der Waals surface area contributed by atoms with Crippen molar-refractivity contribution in [3.8, 4) is 5.75 Å². The predicted molar refractivity (Wildman–Crippen MR) is 82.5 cm³/mol. The summed E-state index contributed by atoms with van der Waals surface area (Å²) in [6.07, 6.45) is 0. The molecule has 0 saturated carbocycles. The highest BCUT2D eigenvalue weighted by molar-refractivity contribution is 6.43. The molecule has 2 aromatic carbocycles. The van der Waals surface area contributed by atoms with Crippen molar-refractivity contribution in [2.45, 2.75) is 6.92 Å². The SMILES string of the molecule is CCOc1ccccc1C(=O)c1c(Cl)cc(Cl)cc1Cl. The van der Waals surface area contributed by atoms with Crippen molar-refractivity contribution >= 4 is 40.6 Å². The van der Waals surface area contributed by atoms with Gasteiger partial charge in [0.05, 0.1) is 27.8 Å². The highest BCUT2D eigenvalue weighted by Gasteiger charge is 2.20. The largest absolute Gasteiger partial charge is 0.493 e. The monoisotopic (exact) mass is 328 g/mol. The minimum absolute atomic E-state index is 0.221. The lowest BCUT2D eigenvalue weighted by atomic mass is 10.0. The number of para-hydroxylation sites is 1. The number of carbonyl (C=O) groups is 1. The number of carbonyl (C=O) groups excluding carboxylic acids is 1. The Bertz CT molecular complexity index is 630. The topological polar surface area (TPSA) is 26.3 Å². The fourth-order valence-electron chi connectivity index (χ4n) is 1.83. The summed E-state index contributed by atoms with van der Waals surface area (Å²) >= 11 is 18.0. The Labute approximate surface area is 132 Å². The molecule has 0 fully saturated rings. The molecule has 0 aliphatic carbocycles. The van der Waals surface area contributed by atoms with Crippen molar-refractivity contribution in [3.63, 3.8) is 0 Å². The van der Waals surface area contributed by atoms with Gasteiger partial charge in [-0.1, -0.05) is 46.9 Å². The van der Waals surface area contributed by atoms with Crippen LogP contribution in [0.1, 0.15) is 22.8 Å². The van der Waals surface area contributed by atoms with Crippen LogP contribution in [0.5, 0.6) is 5.75 Å². The first-order chi connectivity index (χ1) is 9.54. The maximum Gasteiger partial charge on any atom is 0.199 e. The Morgan fingerprint density at radius 3 is 2.30 bits per heavy atom. The summed E-state index contributed by atoms with van der Waals surface area (Å²) in [7, 11) is 0. The van der Waals surface area contributed by atoms with E-state index in [0.717, 1.165) is 0 Å². The second-order valence-electron chi connectivity index (χ2n) is 4.00. The van der Waals surface area contributed by atoms with Gasteiger partial charge in [-0.2, -0.15) is 0 Å². The fourth-order valence-corrected chi connectivity index (χ4v) is 2.82. The number of halogens is 3. The Kier molecular flexibility index (Phi) is 4.92. The number of hydrogen-bond donors (Lipinski definition) is 0. The molecule has 0 radical (unpaired) electrons. The normalized spacial score (nSPS) is 10.4. The molecule has 0 aliphatic rings. The number of benzene rings is 2. The molecule has 0 amide bonds. The van der Waals surface area contributed by atoms with E-state index in [2.05, 4.69) is 0 Å². The molecule has 2 nitrogen and oxygen atoms in total. The second kappa shape index (κ2) is 6.49. The van der Waals surface area contributed by atoms with Gasteiger partial charge in [-0.3, -0.25) is 4.79 Å². The van der Waals surface area contributed by atoms with Crippen LogP contribution in [0.2, 0.25) is 15.1 Å². The minimum Gasteiger partial charge on any atom is -0.493 e. The zero-order chi connectivity index (χ0) is 14.7. The average molecular weight is 330 g/mol. The first-order valence-corrected chi connectivity index (χ1v) is 7.09. The Balaban J connectivity index is 2.52. The molecule has 2 rings (SSSR count). The molecule has 0 heterocycles. The van der Waals surface area contributed by atoms with Crippen molar-refractivity contribution < 1.29 is 9.53 Å². The molecule has 0 aromatic heterocycles. The Morgan fingerprint density at radius 1 is 1.10 bits per heavy atom. The third-order valence-corrected chi connectivity index (χ3v) is 3.48. The lowest BCUT2D eigenvalue weighted by Gasteiger charge is -2.11. The minimum atomic E-state index is -0.291. The van der Waals surface area contributed by atoms with Crippen LogP contribution in [0.15, 0.2) is 36.4 Å². The molecule has 0 atom stereocenters. The van der Waals surface area contributed by atoms with E-state index in [-0.39, 0.29) is 21.4 Å². The number of ketones is 1. The number of hydrogen-bond acceptors (Lipinski definition) is 2. The molecular formula is C15H11Cl3O2. The van der Waals surface area contributed by atoms with Crippen molar-refractivity contribution in [1.82, 2.24) is 0 Å². The lowest BCUT2D eigenvalue weighted by molar-refractivity contribution is 0.103.